The van der Waals surface area contributed by atoms with Gasteiger partial charge in [-0.1, -0.05) is 38.0 Å². The smallest absolute Gasteiger partial charge is 0.110 e. The Labute approximate surface area is 250 Å². The van der Waals surface area contributed by atoms with Crippen molar-refractivity contribution in [2.45, 2.75) is 85.4 Å². The standard InChI is InChI=1S/C7H5NS.C6H11NS.2C5H9NS.C4H3NS/c9-6-8-7-4-2-1-3-5-7;1-4-6(2,3)7-5-8;1-5(2,3)6-4-7;1-3-5(2)6-4-7;1-2-3-5-4-6/h1-5H;4H2,1-3H3;1-3H3;5H,3H2,1-2H3;1H,3H2. The Balaban J connectivity index is -0.000000185. The summed E-state index contributed by atoms with van der Waals surface area (Å²) in [5, 5.41) is 11.4. The number of isothiocyanates is 5. The van der Waals surface area contributed by atoms with Crippen molar-refractivity contribution >= 4 is 92.6 Å². The summed E-state index contributed by atoms with van der Waals surface area (Å²) in [5.74, 6) is 2.27. The summed E-state index contributed by atoms with van der Waals surface area (Å²) in [6.45, 7) is 16.5. The molecule has 1 atom stereocenters. The van der Waals surface area contributed by atoms with Gasteiger partial charge in [0.2, 0.25) is 0 Å². The van der Waals surface area contributed by atoms with Crippen LogP contribution in [0, 0.1) is 12.3 Å². The minimum absolute atomic E-state index is 0.00174. The molecule has 0 aliphatic rings. The van der Waals surface area contributed by atoms with Gasteiger partial charge in [-0.2, -0.15) is 4.99 Å². The molecule has 37 heavy (non-hydrogen) atoms. The highest BCUT2D eigenvalue weighted by Gasteiger charge is 2.10. The van der Waals surface area contributed by atoms with Crippen LogP contribution < -0.4 is 0 Å². The molecule has 0 spiro atoms. The van der Waals surface area contributed by atoms with Crippen LogP contribution >= 0.6 is 61.1 Å². The van der Waals surface area contributed by atoms with Crippen LogP contribution in [0.3, 0.4) is 0 Å². The van der Waals surface area contributed by atoms with E-state index < -0.39 is 0 Å². The zero-order chi connectivity index (χ0) is 29.6. The maximum atomic E-state index is 4.78. The van der Waals surface area contributed by atoms with Crippen molar-refractivity contribution in [3.05, 3.63) is 30.3 Å². The summed E-state index contributed by atoms with van der Waals surface area (Å²) in [4.78, 5) is 18.8. The summed E-state index contributed by atoms with van der Waals surface area (Å²) in [6, 6.07) is 9.86. The van der Waals surface area contributed by atoms with Gasteiger partial charge < -0.3 is 0 Å². The Morgan fingerprint density at radius 2 is 1.35 bits per heavy atom. The van der Waals surface area contributed by atoms with E-state index in [9.17, 15) is 0 Å². The molecule has 5 nitrogen and oxygen atoms in total. The quantitative estimate of drug-likeness (QED) is 0.187. The monoisotopic (exact) mass is 591 g/mol. The molecule has 0 fully saturated rings. The fourth-order valence-corrected chi connectivity index (χ4v) is 2.02. The van der Waals surface area contributed by atoms with Gasteiger partial charge in [0, 0.05) is 0 Å². The molecular weight excluding hydrogens is 555 g/mol. The molecule has 1 unspecified atom stereocenters. The first-order valence-corrected chi connectivity index (χ1v) is 13.2. The molecular formula is C27H37N5S5. The van der Waals surface area contributed by atoms with E-state index in [0.29, 0.717) is 12.6 Å². The Hall–Kier alpha value is -2.22. The summed E-state index contributed by atoms with van der Waals surface area (Å²) >= 11 is 21.8. The zero-order valence-corrected chi connectivity index (χ0v) is 27.0. The molecule has 0 heterocycles. The van der Waals surface area contributed by atoms with Crippen molar-refractivity contribution < 1.29 is 0 Å². The Kier molecular flexibility index (Phi) is 34.0. The van der Waals surface area contributed by atoms with E-state index in [0.717, 1.165) is 18.5 Å². The fraction of sp³-hybridized carbons (Fsp3) is 0.519. The first kappa shape index (κ1) is 41.9. The lowest BCUT2D eigenvalue weighted by Crippen LogP contribution is -2.13. The molecule has 0 aliphatic carbocycles. The lowest BCUT2D eigenvalue weighted by atomic mass is 10.0. The van der Waals surface area contributed by atoms with Gasteiger partial charge in [-0.3, -0.25) is 0 Å². The topological polar surface area (TPSA) is 61.8 Å². The number of hydrogen-bond donors (Lipinski definition) is 0. The lowest BCUT2D eigenvalue weighted by molar-refractivity contribution is 0.508. The van der Waals surface area contributed by atoms with Crippen molar-refractivity contribution in [1.82, 2.24) is 0 Å². The number of benzene rings is 1. The second-order valence-electron chi connectivity index (χ2n) is 8.37. The average Bonchev–Trinajstić information content (AvgIpc) is 2.84. The first-order valence-electron chi connectivity index (χ1n) is 11.2. The van der Waals surface area contributed by atoms with Gasteiger partial charge >= 0.3 is 0 Å². The second kappa shape index (κ2) is 30.0. The van der Waals surface area contributed by atoms with Gasteiger partial charge in [0.05, 0.1) is 48.6 Å². The summed E-state index contributed by atoms with van der Waals surface area (Å²) in [5.41, 5.74) is 0.816. The maximum absolute atomic E-state index is 4.78. The van der Waals surface area contributed by atoms with Crippen molar-refractivity contribution in [2.75, 3.05) is 6.54 Å². The maximum Gasteiger partial charge on any atom is 0.110 e. The summed E-state index contributed by atoms with van der Waals surface area (Å²) < 4.78 is 0. The van der Waals surface area contributed by atoms with Gasteiger partial charge in [-0.25, -0.2) is 20.0 Å². The molecule has 0 saturated heterocycles. The zero-order valence-electron chi connectivity index (χ0n) is 22.9. The van der Waals surface area contributed by atoms with Gasteiger partial charge in [0.25, 0.3) is 0 Å². The predicted molar refractivity (Wildman–Crippen MR) is 179 cm³/mol. The van der Waals surface area contributed by atoms with Crippen molar-refractivity contribution in [3.63, 3.8) is 0 Å². The van der Waals surface area contributed by atoms with Crippen LogP contribution in [0.2, 0.25) is 0 Å². The van der Waals surface area contributed by atoms with Crippen molar-refractivity contribution in [1.29, 1.82) is 0 Å². The fourth-order valence-electron chi connectivity index (χ4n) is 1.15. The van der Waals surface area contributed by atoms with Crippen LogP contribution in [0.5, 0.6) is 0 Å². The Bertz CT molecular complexity index is 994. The van der Waals surface area contributed by atoms with Gasteiger partial charge in [0.1, 0.15) is 6.54 Å². The highest BCUT2D eigenvalue weighted by molar-refractivity contribution is 7.78. The van der Waals surface area contributed by atoms with Crippen molar-refractivity contribution in [3.8, 4) is 12.3 Å². The SMILES string of the molecule is C#CCN=C=S.CC(C)(C)N=C=S.CCC(C)(C)N=C=S.CCC(C)N=C=S.S=C=Nc1ccccc1. The molecule has 0 radical (unpaired) electrons. The van der Waals surface area contributed by atoms with Crippen LogP contribution in [0.1, 0.15) is 68.2 Å². The van der Waals surface area contributed by atoms with Gasteiger partial charge in [0.15, 0.2) is 0 Å². The van der Waals surface area contributed by atoms with E-state index in [-0.39, 0.29) is 11.1 Å². The molecule has 1 aromatic carbocycles. The molecule has 200 valence electrons. The third-order valence-electron chi connectivity index (χ3n) is 3.62. The minimum atomic E-state index is -0.0399. The van der Waals surface area contributed by atoms with E-state index in [1.165, 1.54) is 0 Å². The van der Waals surface area contributed by atoms with Crippen LogP contribution in [-0.4, -0.2) is 49.5 Å². The second-order valence-corrected chi connectivity index (χ2v) is 9.28. The third-order valence-corrected chi connectivity index (χ3v) is 4.13. The number of thiocarbonyl (C=S) groups is 5. The highest BCUT2D eigenvalue weighted by Crippen LogP contribution is 2.11. The number of nitrogens with zero attached hydrogens (tertiary/aromatic N) is 5. The molecule has 10 heteroatoms. The molecule has 1 aromatic rings. The number of rotatable bonds is 6. The predicted octanol–water partition coefficient (Wildman–Crippen LogP) is 9.20. The number of para-hydroxylation sites is 1. The Morgan fingerprint density at radius 3 is 1.57 bits per heavy atom. The minimum Gasteiger partial charge on any atom is -0.229 e. The molecule has 0 amide bonds. The Morgan fingerprint density at radius 1 is 0.811 bits per heavy atom. The normalized spacial score (nSPS) is 9.27. The number of terminal acetylenes is 1. The number of hydrogen-bond acceptors (Lipinski definition) is 10. The molecule has 1 rings (SSSR count). The first-order chi connectivity index (χ1) is 17.3. The summed E-state index contributed by atoms with van der Waals surface area (Å²) in [7, 11) is 0. The van der Waals surface area contributed by atoms with E-state index in [2.05, 4.69) is 132 Å². The van der Waals surface area contributed by atoms with E-state index >= 15 is 0 Å². The summed E-state index contributed by atoms with van der Waals surface area (Å²) in [6.07, 6.45) is 6.84. The number of aliphatic imine (C=N–C) groups is 5. The van der Waals surface area contributed by atoms with E-state index in [1.54, 1.807) is 0 Å². The van der Waals surface area contributed by atoms with Crippen LogP contribution in [-0.2, 0) is 0 Å². The molecule has 0 aliphatic heterocycles. The molecule has 0 aromatic heterocycles. The van der Waals surface area contributed by atoms with Crippen LogP contribution in [0.15, 0.2) is 55.3 Å². The molecule has 0 saturated carbocycles. The van der Waals surface area contributed by atoms with Gasteiger partial charge in [-0.05, 0) is 128 Å². The van der Waals surface area contributed by atoms with Gasteiger partial charge in [-0.15, -0.1) is 6.42 Å². The largest absolute Gasteiger partial charge is 0.229 e. The van der Waals surface area contributed by atoms with E-state index in [1.807, 2.05) is 71.9 Å². The molecule has 0 N–H and O–H groups in total. The van der Waals surface area contributed by atoms with Crippen molar-refractivity contribution in [2.24, 2.45) is 25.0 Å². The van der Waals surface area contributed by atoms with Crippen LogP contribution in [0.25, 0.3) is 0 Å². The molecule has 0 bridgehead atoms. The average molecular weight is 592 g/mol. The lowest BCUT2D eigenvalue weighted by Gasteiger charge is -2.12. The van der Waals surface area contributed by atoms with E-state index in [4.69, 9.17) is 6.42 Å². The van der Waals surface area contributed by atoms with Crippen LogP contribution in [0.4, 0.5) is 5.69 Å². The highest BCUT2D eigenvalue weighted by atomic mass is 32.1. The third kappa shape index (κ3) is 44.2.